The van der Waals surface area contributed by atoms with Crippen LogP contribution < -0.4 is 0 Å². The summed E-state index contributed by atoms with van der Waals surface area (Å²) in [7, 11) is 0. The summed E-state index contributed by atoms with van der Waals surface area (Å²) >= 11 is 0. The predicted molar refractivity (Wildman–Crippen MR) is 153 cm³/mol. The van der Waals surface area contributed by atoms with Crippen LogP contribution in [-0.4, -0.2) is 0 Å². The molecule has 0 N–H and O–H groups in total. The topological polar surface area (TPSA) is 0 Å². The molecule has 0 aliphatic carbocycles. The first kappa shape index (κ1) is 26.5. The summed E-state index contributed by atoms with van der Waals surface area (Å²) in [5.74, 6) is 1.92. The zero-order chi connectivity index (χ0) is 24.9. The molecule has 4 aromatic rings. The van der Waals surface area contributed by atoms with Gasteiger partial charge in [-0.2, -0.15) is 0 Å². The normalized spacial score (nSPS) is 13.3. The second-order valence-corrected chi connectivity index (χ2v) is 9.95. The fourth-order valence-corrected chi connectivity index (χ4v) is 4.82. The average molecular weight is 463 g/mol. The highest BCUT2D eigenvalue weighted by Crippen LogP contribution is 2.35. The quantitative estimate of drug-likeness (QED) is 0.232. The lowest BCUT2D eigenvalue weighted by Crippen LogP contribution is -2.12. The van der Waals surface area contributed by atoms with Gasteiger partial charge in [0.2, 0.25) is 0 Å². The molecule has 0 bridgehead atoms. The Bertz CT molecular complexity index is 1080. The molecule has 0 fully saturated rings. The fraction of sp³-hybridized carbons (Fsp3) is 0.314. The van der Waals surface area contributed by atoms with Crippen LogP contribution in [-0.2, 0) is 12.8 Å². The standard InChI is InChI=1S/C18H22.C17H20/c1-4-14(2)18(16-11-6-5-7-12-16)17-13-9-8-10-15(17)3;1-15(14-17-10-6-3-7-11-17)12-13-16-8-4-2-5-9-16/h5-14,18H,4H2,1-3H3;2-11,15H,12-14H2,1H3. The molecule has 0 saturated carbocycles. The molecule has 0 spiro atoms. The number of aryl methyl sites for hydroxylation is 2. The van der Waals surface area contributed by atoms with Crippen LogP contribution in [0, 0.1) is 18.8 Å². The van der Waals surface area contributed by atoms with Crippen molar-refractivity contribution in [3.05, 3.63) is 143 Å². The lowest BCUT2D eigenvalue weighted by atomic mass is 9.79. The fourth-order valence-electron chi connectivity index (χ4n) is 4.82. The molecule has 0 amide bonds. The Balaban J connectivity index is 0.000000196. The van der Waals surface area contributed by atoms with Crippen molar-refractivity contribution in [1.29, 1.82) is 0 Å². The molecule has 0 nitrogen and oxygen atoms in total. The minimum Gasteiger partial charge on any atom is -0.0651 e. The summed E-state index contributed by atoms with van der Waals surface area (Å²) in [6, 6.07) is 41.2. The van der Waals surface area contributed by atoms with Crippen molar-refractivity contribution in [2.24, 2.45) is 11.8 Å². The zero-order valence-electron chi connectivity index (χ0n) is 22.0. The molecule has 0 saturated heterocycles. The van der Waals surface area contributed by atoms with Crippen molar-refractivity contribution >= 4 is 0 Å². The lowest BCUT2D eigenvalue weighted by Gasteiger charge is -2.25. The van der Waals surface area contributed by atoms with Crippen LogP contribution in [0.2, 0.25) is 0 Å². The first-order chi connectivity index (χ1) is 17.1. The molecule has 3 unspecified atom stereocenters. The number of hydrogen-bond donors (Lipinski definition) is 0. The van der Waals surface area contributed by atoms with E-state index in [1.165, 1.54) is 53.5 Å². The summed E-state index contributed by atoms with van der Waals surface area (Å²) in [6.45, 7) is 9.19. The average Bonchev–Trinajstić information content (AvgIpc) is 2.91. The van der Waals surface area contributed by atoms with E-state index >= 15 is 0 Å². The van der Waals surface area contributed by atoms with Gasteiger partial charge in [0.15, 0.2) is 0 Å². The first-order valence-corrected chi connectivity index (χ1v) is 13.3. The van der Waals surface area contributed by atoms with Gasteiger partial charge in [-0.15, -0.1) is 0 Å². The Labute approximate surface area is 214 Å². The number of rotatable bonds is 9. The van der Waals surface area contributed by atoms with Gasteiger partial charge in [-0.1, -0.05) is 142 Å². The van der Waals surface area contributed by atoms with E-state index in [-0.39, 0.29) is 0 Å². The third kappa shape index (κ3) is 8.55. The van der Waals surface area contributed by atoms with Crippen molar-refractivity contribution in [1.82, 2.24) is 0 Å². The van der Waals surface area contributed by atoms with Gasteiger partial charge in [0.1, 0.15) is 0 Å². The summed E-state index contributed by atoms with van der Waals surface area (Å²) in [4.78, 5) is 0. The predicted octanol–water partition coefficient (Wildman–Crippen LogP) is 9.67. The van der Waals surface area contributed by atoms with Gasteiger partial charge < -0.3 is 0 Å². The molecule has 4 rings (SSSR count). The molecule has 0 aliphatic heterocycles. The van der Waals surface area contributed by atoms with Gasteiger partial charge >= 0.3 is 0 Å². The van der Waals surface area contributed by atoms with Crippen LogP contribution >= 0.6 is 0 Å². The monoisotopic (exact) mass is 462 g/mol. The number of hydrogen-bond acceptors (Lipinski definition) is 0. The van der Waals surface area contributed by atoms with Crippen LogP contribution in [0.4, 0.5) is 0 Å². The van der Waals surface area contributed by atoms with Crippen molar-refractivity contribution in [3.63, 3.8) is 0 Å². The molecule has 0 aliphatic rings. The summed E-state index contributed by atoms with van der Waals surface area (Å²) in [5, 5.41) is 0. The Hall–Kier alpha value is -3.12. The maximum absolute atomic E-state index is 2.35. The van der Waals surface area contributed by atoms with E-state index in [1.807, 2.05) is 0 Å². The Morgan fingerprint density at radius 3 is 1.69 bits per heavy atom. The van der Waals surface area contributed by atoms with E-state index in [0.29, 0.717) is 11.8 Å². The molecule has 35 heavy (non-hydrogen) atoms. The Morgan fingerprint density at radius 2 is 1.11 bits per heavy atom. The van der Waals surface area contributed by atoms with Crippen LogP contribution in [0.15, 0.2) is 115 Å². The van der Waals surface area contributed by atoms with Crippen LogP contribution in [0.3, 0.4) is 0 Å². The molecule has 4 aromatic carbocycles. The second-order valence-electron chi connectivity index (χ2n) is 9.95. The van der Waals surface area contributed by atoms with Crippen molar-refractivity contribution < 1.29 is 0 Å². The minimum atomic E-state index is 0.511. The van der Waals surface area contributed by atoms with Gasteiger partial charge in [-0.05, 0) is 65.8 Å². The minimum absolute atomic E-state index is 0.511. The van der Waals surface area contributed by atoms with Crippen LogP contribution in [0.5, 0.6) is 0 Å². The van der Waals surface area contributed by atoms with E-state index < -0.39 is 0 Å². The van der Waals surface area contributed by atoms with Crippen LogP contribution in [0.1, 0.15) is 67.3 Å². The maximum Gasteiger partial charge on any atom is 0.0117 e. The van der Waals surface area contributed by atoms with Gasteiger partial charge in [-0.3, -0.25) is 0 Å². The molecule has 0 heteroatoms. The van der Waals surface area contributed by atoms with Crippen LogP contribution in [0.25, 0.3) is 0 Å². The molecular weight excluding hydrogens is 420 g/mol. The van der Waals surface area contributed by atoms with E-state index in [4.69, 9.17) is 0 Å². The highest BCUT2D eigenvalue weighted by atomic mass is 14.2. The van der Waals surface area contributed by atoms with E-state index in [1.54, 1.807) is 0 Å². The highest BCUT2D eigenvalue weighted by Gasteiger charge is 2.21. The molecule has 3 atom stereocenters. The molecule has 0 radical (unpaired) electrons. The van der Waals surface area contributed by atoms with Crippen molar-refractivity contribution in [3.8, 4) is 0 Å². The largest absolute Gasteiger partial charge is 0.0651 e. The van der Waals surface area contributed by atoms with E-state index in [9.17, 15) is 0 Å². The maximum atomic E-state index is 2.35. The van der Waals surface area contributed by atoms with Gasteiger partial charge in [-0.25, -0.2) is 0 Å². The Kier molecular flexibility index (Phi) is 10.8. The van der Waals surface area contributed by atoms with Crippen molar-refractivity contribution in [2.75, 3.05) is 0 Å². The molecular formula is C35H42. The zero-order valence-corrected chi connectivity index (χ0v) is 22.0. The third-order valence-corrected chi connectivity index (χ3v) is 7.09. The smallest absolute Gasteiger partial charge is 0.0117 e. The second kappa shape index (κ2) is 14.3. The summed E-state index contributed by atoms with van der Waals surface area (Å²) in [6.07, 6.45) is 4.84. The van der Waals surface area contributed by atoms with Gasteiger partial charge in [0.05, 0.1) is 0 Å². The molecule has 0 aromatic heterocycles. The molecule has 182 valence electrons. The lowest BCUT2D eigenvalue weighted by molar-refractivity contribution is 0.495. The summed E-state index contributed by atoms with van der Waals surface area (Å²) < 4.78 is 0. The third-order valence-electron chi connectivity index (χ3n) is 7.09. The van der Waals surface area contributed by atoms with E-state index in [2.05, 4.69) is 143 Å². The van der Waals surface area contributed by atoms with Gasteiger partial charge in [0.25, 0.3) is 0 Å². The van der Waals surface area contributed by atoms with Gasteiger partial charge in [0, 0.05) is 5.92 Å². The first-order valence-electron chi connectivity index (χ1n) is 13.3. The molecule has 0 heterocycles. The SMILES string of the molecule is CC(CCc1ccccc1)Cc1ccccc1.CCC(C)C(c1ccccc1)c1ccccc1C. The summed E-state index contributed by atoms with van der Waals surface area (Å²) in [5.41, 5.74) is 7.20. The van der Waals surface area contributed by atoms with E-state index in [0.717, 1.165) is 5.92 Å². The number of benzene rings is 4. The Morgan fingerprint density at radius 1 is 0.600 bits per heavy atom. The highest BCUT2D eigenvalue weighted by molar-refractivity contribution is 5.38. The van der Waals surface area contributed by atoms with Crippen molar-refractivity contribution in [2.45, 2.75) is 59.3 Å².